The van der Waals surface area contributed by atoms with Gasteiger partial charge < -0.3 is 9.64 Å². The minimum Gasteiger partial charge on any atom is -0.378 e. The molecule has 0 aromatic carbocycles. The minimum atomic E-state index is -1.00. The number of nitriles is 1. The first-order valence-electron chi connectivity index (χ1n) is 5.84. The molecule has 0 aliphatic carbocycles. The molecule has 2 fully saturated rings. The summed E-state index contributed by atoms with van der Waals surface area (Å²) in [6.07, 6.45) is -0.795. The molecule has 5 nitrogen and oxygen atoms in total. The van der Waals surface area contributed by atoms with Crippen LogP contribution in [0.3, 0.4) is 0 Å². The summed E-state index contributed by atoms with van der Waals surface area (Å²) in [5.41, 5.74) is 0. The fourth-order valence-electron chi connectivity index (χ4n) is 2.36. The molecule has 2 saturated heterocycles. The average Bonchev–Trinajstić information content (AvgIpc) is 2.71. The maximum Gasteiger partial charge on any atom is 0.240 e. The number of alkyl halides is 1. The number of rotatable bonds is 2. The highest BCUT2D eigenvalue weighted by Crippen LogP contribution is 2.22. The van der Waals surface area contributed by atoms with E-state index in [4.69, 9.17) is 10.00 Å². The lowest BCUT2D eigenvalue weighted by Gasteiger charge is -2.31. The van der Waals surface area contributed by atoms with Crippen molar-refractivity contribution in [2.75, 3.05) is 39.4 Å². The molecule has 6 heteroatoms. The molecule has 0 bridgehead atoms. The van der Waals surface area contributed by atoms with Crippen molar-refractivity contribution in [1.29, 1.82) is 5.26 Å². The molecule has 2 heterocycles. The highest BCUT2D eigenvalue weighted by molar-refractivity contribution is 5.82. The van der Waals surface area contributed by atoms with E-state index in [0.717, 1.165) is 0 Å². The molecule has 2 aliphatic heterocycles. The van der Waals surface area contributed by atoms with E-state index in [2.05, 4.69) is 0 Å². The van der Waals surface area contributed by atoms with Crippen LogP contribution in [0, 0.1) is 11.3 Å². The van der Waals surface area contributed by atoms with Crippen molar-refractivity contribution in [1.82, 2.24) is 9.80 Å². The van der Waals surface area contributed by atoms with Crippen LogP contribution in [0.1, 0.15) is 6.42 Å². The van der Waals surface area contributed by atoms with Gasteiger partial charge >= 0.3 is 0 Å². The Morgan fingerprint density at radius 3 is 2.82 bits per heavy atom. The lowest BCUT2D eigenvalue weighted by molar-refractivity contribution is -0.139. The third kappa shape index (κ3) is 2.73. The number of amides is 1. The summed E-state index contributed by atoms with van der Waals surface area (Å²) in [6, 6.07) is 1.51. The molecule has 1 amide bonds. The average molecular weight is 241 g/mol. The second kappa shape index (κ2) is 5.43. The first-order valence-corrected chi connectivity index (χ1v) is 5.84. The van der Waals surface area contributed by atoms with Crippen molar-refractivity contribution in [3.63, 3.8) is 0 Å². The predicted molar refractivity (Wildman–Crippen MR) is 57.9 cm³/mol. The van der Waals surface area contributed by atoms with E-state index >= 15 is 0 Å². The van der Waals surface area contributed by atoms with Crippen molar-refractivity contribution < 1.29 is 13.9 Å². The van der Waals surface area contributed by atoms with Crippen molar-refractivity contribution in [2.24, 2.45) is 0 Å². The molecule has 0 N–H and O–H groups in total. The van der Waals surface area contributed by atoms with Crippen molar-refractivity contribution in [3.8, 4) is 6.07 Å². The Labute approximate surface area is 99.7 Å². The summed E-state index contributed by atoms with van der Waals surface area (Å²) in [4.78, 5) is 15.5. The predicted octanol–water partition coefficient (Wildman–Crippen LogP) is -0.219. The molecule has 0 aromatic rings. The Hall–Kier alpha value is -1.19. The fourth-order valence-corrected chi connectivity index (χ4v) is 2.36. The molecular weight excluding hydrogens is 225 g/mol. The van der Waals surface area contributed by atoms with E-state index in [1.807, 2.05) is 6.07 Å². The monoisotopic (exact) mass is 241 g/mol. The Balaban J connectivity index is 1.99. The van der Waals surface area contributed by atoms with Gasteiger partial charge in [0.1, 0.15) is 6.17 Å². The quantitative estimate of drug-likeness (QED) is 0.627. The zero-order valence-electron chi connectivity index (χ0n) is 9.64. The summed E-state index contributed by atoms with van der Waals surface area (Å²) in [5.74, 6) is -0.0660. The van der Waals surface area contributed by atoms with E-state index in [1.54, 1.807) is 9.80 Å². The molecule has 0 aromatic heterocycles. The Morgan fingerprint density at radius 2 is 2.18 bits per heavy atom. The Morgan fingerprint density at radius 1 is 1.47 bits per heavy atom. The lowest BCUT2D eigenvalue weighted by Crippen LogP contribution is -2.49. The van der Waals surface area contributed by atoms with E-state index in [-0.39, 0.29) is 25.4 Å². The zero-order chi connectivity index (χ0) is 12.3. The van der Waals surface area contributed by atoms with Crippen LogP contribution in [0.5, 0.6) is 0 Å². The summed E-state index contributed by atoms with van der Waals surface area (Å²) in [5, 5.41) is 8.66. The fraction of sp³-hybridized carbons (Fsp3) is 0.818. The molecular formula is C11H16FN3O2. The number of ether oxygens (including phenoxy) is 1. The van der Waals surface area contributed by atoms with Crippen LogP contribution >= 0.6 is 0 Å². The van der Waals surface area contributed by atoms with Crippen LogP contribution in [0.2, 0.25) is 0 Å². The van der Waals surface area contributed by atoms with Gasteiger partial charge in [-0.25, -0.2) is 4.39 Å². The SMILES string of the molecule is N#CCN1C[C@H](F)C[C@H]1C(=O)N1CCOCC1. The maximum atomic E-state index is 13.3. The molecule has 94 valence electrons. The number of carbonyl (C=O) groups excluding carboxylic acids is 1. The van der Waals surface area contributed by atoms with Gasteiger partial charge in [0.2, 0.25) is 5.91 Å². The summed E-state index contributed by atoms with van der Waals surface area (Å²) in [6.45, 7) is 2.50. The molecule has 0 radical (unpaired) electrons. The number of morpholine rings is 1. The highest BCUT2D eigenvalue weighted by Gasteiger charge is 2.38. The van der Waals surface area contributed by atoms with Crippen LogP contribution in [0.25, 0.3) is 0 Å². The van der Waals surface area contributed by atoms with Gasteiger partial charge in [-0.05, 0) is 0 Å². The van der Waals surface area contributed by atoms with Gasteiger partial charge in [0, 0.05) is 26.1 Å². The van der Waals surface area contributed by atoms with E-state index in [1.165, 1.54) is 0 Å². The van der Waals surface area contributed by atoms with Crippen molar-refractivity contribution in [2.45, 2.75) is 18.6 Å². The van der Waals surface area contributed by atoms with Gasteiger partial charge in [0.05, 0.1) is 31.9 Å². The zero-order valence-corrected chi connectivity index (χ0v) is 9.64. The van der Waals surface area contributed by atoms with E-state index < -0.39 is 12.2 Å². The van der Waals surface area contributed by atoms with Gasteiger partial charge in [-0.2, -0.15) is 5.26 Å². The first-order chi connectivity index (χ1) is 8.22. The van der Waals surface area contributed by atoms with E-state index in [0.29, 0.717) is 26.3 Å². The first kappa shape index (κ1) is 12.3. The third-order valence-corrected chi connectivity index (χ3v) is 3.23. The number of halogens is 1. The normalized spacial score (nSPS) is 30.2. The van der Waals surface area contributed by atoms with Gasteiger partial charge in [0.15, 0.2) is 0 Å². The van der Waals surface area contributed by atoms with Crippen LogP contribution in [0.15, 0.2) is 0 Å². The van der Waals surface area contributed by atoms with Gasteiger partial charge in [-0.15, -0.1) is 0 Å². The smallest absolute Gasteiger partial charge is 0.240 e. The lowest BCUT2D eigenvalue weighted by atomic mass is 10.1. The summed E-state index contributed by atoms with van der Waals surface area (Å²) < 4.78 is 18.5. The number of carbonyl (C=O) groups is 1. The van der Waals surface area contributed by atoms with Crippen LogP contribution in [-0.4, -0.2) is 67.3 Å². The van der Waals surface area contributed by atoms with Crippen LogP contribution in [-0.2, 0) is 9.53 Å². The topological polar surface area (TPSA) is 56.6 Å². The van der Waals surface area contributed by atoms with Gasteiger partial charge in [0.25, 0.3) is 0 Å². The number of nitrogens with zero attached hydrogens (tertiary/aromatic N) is 3. The maximum absolute atomic E-state index is 13.3. The standard InChI is InChI=1S/C11H16FN3O2/c12-9-7-10(15(8-9)2-1-13)11(16)14-3-5-17-6-4-14/h9-10H,2-8H2/t9-,10+/m1/s1. The molecule has 17 heavy (non-hydrogen) atoms. The molecule has 0 saturated carbocycles. The second-order valence-corrected chi connectivity index (χ2v) is 4.37. The second-order valence-electron chi connectivity index (χ2n) is 4.37. The highest BCUT2D eigenvalue weighted by atomic mass is 19.1. The molecule has 2 rings (SSSR count). The molecule has 0 spiro atoms. The third-order valence-electron chi connectivity index (χ3n) is 3.23. The van der Waals surface area contributed by atoms with Crippen LogP contribution < -0.4 is 0 Å². The van der Waals surface area contributed by atoms with Crippen molar-refractivity contribution >= 4 is 5.91 Å². The van der Waals surface area contributed by atoms with E-state index in [9.17, 15) is 9.18 Å². The summed E-state index contributed by atoms with van der Waals surface area (Å²) in [7, 11) is 0. The van der Waals surface area contributed by atoms with Gasteiger partial charge in [-0.3, -0.25) is 9.69 Å². The molecule has 0 unspecified atom stereocenters. The molecule has 2 aliphatic rings. The largest absolute Gasteiger partial charge is 0.378 e. The minimum absolute atomic E-state index is 0.0660. The van der Waals surface area contributed by atoms with Crippen LogP contribution in [0.4, 0.5) is 4.39 Å². The molecule has 2 atom stereocenters. The number of likely N-dealkylation sites (tertiary alicyclic amines) is 1. The van der Waals surface area contributed by atoms with Crippen molar-refractivity contribution in [3.05, 3.63) is 0 Å². The summed E-state index contributed by atoms with van der Waals surface area (Å²) >= 11 is 0. The Bertz CT molecular complexity index is 325. The number of hydrogen-bond acceptors (Lipinski definition) is 4. The number of hydrogen-bond donors (Lipinski definition) is 0. The van der Waals surface area contributed by atoms with Gasteiger partial charge in [-0.1, -0.05) is 0 Å². The Kier molecular flexibility index (Phi) is 3.92.